The molecule has 2 N–H and O–H groups in total. The molecule has 4 saturated carbocycles. The Morgan fingerprint density at radius 1 is 1.22 bits per heavy atom. The molecule has 5 rings (SSSR count). The quantitative estimate of drug-likeness (QED) is 0.868. The third-order valence-corrected chi connectivity index (χ3v) is 6.18. The molecule has 0 radical (unpaired) electrons. The second kappa shape index (κ2) is 5.66. The van der Waals surface area contributed by atoms with Crippen molar-refractivity contribution in [1.29, 1.82) is 0 Å². The van der Waals surface area contributed by atoms with Crippen LogP contribution in [0.15, 0.2) is 16.5 Å². The summed E-state index contributed by atoms with van der Waals surface area (Å²) >= 11 is 0. The molecule has 4 nitrogen and oxygen atoms in total. The monoisotopic (exact) mass is 317 g/mol. The highest BCUT2D eigenvalue weighted by Crippen LogP contribution is 2.55. The van der Waals surface area contributed by atoms with Crippen molar-refractivity contribution in [3.05, 3.63) is 23.7 Å². The van der Waals surface area contributed by atoms with E-state index >= 15 is 0 Å². The van der Waals surface area contributed by atoms with Gasteiger partial charge in [-0.1, -0.05) is 0 Å². The van der Waals surface area contributed by atoms with Crippen LogP contribution in [0.3, 0.4) is 0 Å². The van der Waals surface area contributed by atoms with Crippen molar-refractivity contribution in [2.45, 2.75) is 57.5 Å². The summed E-state index contributed by atoms with van der Waals surface area (Å²) in [4.78, 5) is 13.8. The van der Waals surface area contributed by atoms with E-state index in [0.717, 1.165) is 35.8 Å². The van der Waals surface area contributed by atoms with Gasteiger partial charge in [0.25, 0.3) is 5.91 Å². The molecule has 1 aromatic rings. The highest BCUT2D eigenvalue weighted by molar-refractivity contribution is 5.77. The van der Waals surface area contributed by atoms with Crippen molar-refractivity contribution in [3.8, 4) is 0 Å². The van der Waals surface area contributed by atoms with Gasteiger partial charge in [0.05, 0.1) is 7.05 Å². The number of carbonyl (C=O) groups is 1. The lowest BCUT2D eigenvalue weighted by molar-refractivity contribution is -0.886. The maximum absolute atomic E-state index is 12.6. The third kappa shape index (κ3) is 3.18. The zero-order valence-corrected chi connectivity index (χ0v) is 14.4. The topological polar surface area (TPSA) is 46.7 Å². The predicted octanol–water partition coefficient (Wildman–Crippen LogP) is 1.69. The van der Waals surface area contributed by atoms with Gasteiger partial charge in [-0.3, -0.25) is 4.79 Å². The van der Waals surface area contributed by atoms with Gasteiger partial charge in [-0.15, -0.1) is 0 Å². The second-order valence-corrected chi connectivity index (χ2v) is 8.57. The summed E-state index contributed by atoms with van der Waals surface area (Å²) in [5.74, 6) is 4.73. The van der Waals surface area contributed by atoms with Crippen molar-refractivity contribution in [2.24, 2.45) is 17.8 Å². The molecule has 1 atom stereocenters. The molecule has 1 aromatic heterocycles. The highest BCUT2D eigenvalue weighted by Gasteiger charge is 2.51. The summed E-state index contributed by atoms with van der Waals surface area (Å²) in [6.07, 6.45) is 7.91. The summed E-state index contributed by atoms with van der Waals surface area (Å²) in [5.41, 5.74) is 0.132. The third-order valence-electron chi connectivity index (χ3n) is 6.18. The molecule has 4 aliphatic carbocycles. The van der Waals surface area contributed by atoms with Crippen molar-refractivity contribution in [1.82, 2.24) is 5.32 Å². The number of nitrogens with one attached hydrogen (secondary N) is 2. The number of hydrogen-bond donors (Lipinski definition) is 2. The number of furan rings is 1. The lowest BCUT2D eigenvalue weighted by Gasteiger charge is -2.56. The van der Waals surface area contributed by atoms with Gasteiger partial charge < -0.3 is 14.6 Å². The Morgan fingerprint density at radius 3 is 2.35 bits per heavy atom. The van der Waals surface area contributed by atoms with E-state index in [0.29, 0.717) is 6.54 Å². The first kappa shape index (κ1) is 15.3. The molecule has 0 aromatic carbocycles. The maximum atomic E-state index is 12.6. The average Bonchev–Trinajstić information content (AvgIpc) is 2.81. The Labute approximate surface area is 138 Å². The number of likely N-dealkylation sites (N-methyl/N-ethyl adjacent to an activating group) is 1. The molecule has 23 heavy (non-hydrogen) atoms. The summed E-state index contributed by atoms with van der Waals surface area (Å²) in [6, 6.07) is 3.99. The molecule has 0 spiro atoms. The summed E-state index contributed by atoms with van der Waals surface area (Å²) < 4.78 is 5.62. The Bertz CT molecular complexity index is 557. The lowest BCUT2D eigenvalue weighted by Crippen LogP contribution is -3.09. The van der Waals surface area contributed by atoms with E-state index in [1.54, 1.807) is 0 Å². The normalized spacial score (nSPS) is 36.2. The van der Waals surface area contributed by atoms with E-state index in [1.165, 1.54) is 43.4 Å². The first-order valence-corrected chi connectivity index (χ1v) is 9.17. The van der Waals surface area contributed by atoms with E-state index in [4.69, 9.17) is 4.42 Å². The molecule has 1 heterocycles. The van der Waals surface area contributed by atoms with Gasteiger partial charge in [0.2, 0.25) is 0 Å². The first-order chi connectivity index (χ1) is 11.0. The molecule has 4 fully saturated rings. The fourth-order valence-electron chi connectivity index (χ4n) is 5.82. The molecule has 0 aliphatic heterocycles. The largest absolute Gasteiger partial charge is 0.460 e. The minimum Gasteiger partial charge on any atom is -0.460 e. The van der Waals surface area contributed by atoms with Crippen LogP contribution < -0.4 is 10.2 Å². The van der Waals surface area contributed by atoms with Crippen LogP contribution in [0.2, 0.25) is 0 Å². The average molecular weight is 317 g/mol. The highest BCUT2D eigenvalue weighted by atomic mass is 16.3. The van der Waals surface area contributed by atoms with Crippen molar-refractivity contribution in [2.75, 3.05) is 13.6 Å². The van der Waals surface area contributed by atoms with E-state index in [9.17, 15) is 4.79 Å². The summed E-state index contributed by atoms with van der Waals surface area (Å²) in [5, 5.41) is 3.46. The van der Waals surface area contributed by atoms with Gasteiger partial charge in [-0.25, -0.2) is 0 Å². The van der Waals surface area contributed by atoms with Crippen LogP contribution in [0.4, 0.5) is 0 Å². The smallest absolute Gasteiger partial charge is 0.275 e. The predicted molar refractivity (Wildman–Crippen MR) is 87.9 cm³/mol. The Hall–Kier alpha value is -1.29. The van der Waals surface area contributed by atoms with Crippen LogP contribution in [-0.2, 0) is 11.3 Å². The second-order valence-electron chi connectivity index (χ2n) is 8.57. The van der Waals surface area contributed by atoms with Crippen LogP contribution >= 0.6 is 0 Å². The molecule has 1 unspecified atom stereocenters. The minimum absolute atomic E-state index is 0.132. The van der Waals surface area contributed by atoms with Gasteiger partial charge in [-0.2, -0.15) is 0 Å². The molecule has 1 amide bonds. The van der Waals surface area contributed by atoms with E-state index < -0.39 is 0 Å². The number of amides is 1. The number of hydrogen-bond acceptors (Lipinski definition) is 2. The molecular formula is C19H29N2O2+. The number of carbonyl (C=O) groups excluding carboxylic acids is 1. The van der Waals surface area contributed by atoms with E-state index in [2.05, 4.69) is 12.4 Å². The number of rotatable bonds is 5. The Balaban J connectivity index is 1.33. The summed E-state index contributed by atoms with van der Waals surface area (Å²) in [7, 11) is 2.07. The van der Waals surface area contributed by atoms with Crippen molar-refractivity contribution < 1.29 is 14.1 Å². The van der Waals surface area contributed by atoms with Crippen LogP contribution in [-0.4, -0.2) is 25.0 Å². The van der Waals surface area contributed by atoms with E-state index in [-0.39, 0.29) is 11.4 Å². The summed E-state index contributed by atoms with van der Waals surface area (Å²) in [6.45, 7) is 3.25. The molecule has 4 bridgehead atoms. The molecule has 126 valence electrons. The number of aryl methyl sites for hydroxylation is 1. The lowest BCUT2D eigenvalue weighted by atomic mass is 9.53. The van der Waals surface area contributed by atoms with Gasteiger partial charge in [0.15, 0.2) is 12.3 Å². The molecular weight excluding hydrogens is 288 g/mol. The van der Waals surface area contributed by atoms with Gasteiger partial charge in [0.1, 0.15) is 12.3 Å². The molecule has 4 aliphatic rings. The van der Waals surface area contributed by atoms with Crippen molar-refractivity contribution >= 4 is 5.91 Å². The Morgan fingerprint density at radius 2 is 1.83 bits per heavy atom. The maximum Gasteiger partial charge on any atom is 0.275 e. The number of quaternary nitrogens is 1. The van der Waals surface area contributed by atoms with Crippen LogP contribution in [0.25, 0.3) is 0 Å². The van der Waals surface area contributed by atoms with Crippen molar-refractivity contribution in [3.63, 3.8) is 0 Å². The van der Waals surface area contributed by atoms with Crippen LogP contribution in [0.5, 0.6) is 0 Å². The Kier molecular flexibility index (Phi) is 3.75. The fraction of sp³-hybridized carbons (Fsp3) is 0.737. The minimum atomic E-state index is 0.132. The standard InChI is InChI=1S/C19H28N2O2/c1-13-3-4-17(23-13)11-21(2)12-18(22)20-19-8-14-5-15(9-19)7-16(6-14)10-19/h3-4,14-16H,5-12H2,1-2H3,(H,20,22)/p+1. The van der Waals surface area contributed by atoms with Gasteiger partial charge >= 0.3 is 0 Å². The van der Waals surface area contributed by atoms with Crippen LogP contribution in [0.1, 0.15) is 50.0 Å². The first-order valence-electron chi connectivity index (χ1n) is 9.17. The van der Waals surface area contributed by atoms with Gasteiger partial charge in [-0.05, 0) is 75.3 Å². The zero-order chi connectivity index (χ0) is 16.0. The van der Waals surface area contributed by atoms with Gasteiger partial charge in [0, 0.05) is 5.54 Å². The van der Waals surface area contributed by atoms with Crippen LogP contribution in [0, 0.1) is 24.7 Å². The fourth-order valence-corrected chi connectivity index (χ4v) is 5.82. The molecule has 4 heteroatoms. The molecule has 0 saturated heterocycles. The SMILES string of the molecule is Cc1ccc(C[NH+](C)CC(=O)NC23CC4CC(CC(C4)C2)C3)o1. The zero-order valence-electron chi connectivity index (χ0n) is 14.4. The van der Waals surface area contributed by atoms with E-state index in [1.807, 2.05) is 19.1 Å².